The Labute approximate surface area is 155 Å². The predicted molar refractivity (Wildman–Crippen MR) is 105 cm³/mol. The van der Waals surface area contributed by atoms with Crippen molar-refractivity contribution in [2.24, 2.45) is 0 Å². The molecule has 0 spiro atoms. The minimum absolute atomic E-state index is 0.373. The van der Waals surface area contributed by atoms with E-state index in [2.05, 4.69) is 9.97 Å². The first-order valence-electron chi connectivity index (χ1n) is 8.34. The van der Waals surface area contributed by atoms with Crippen molar-refractivity contribution in [1.29, 1.82) is 0 Å². The number of hydrogen-bond acceptors (Lipinski definition) is 6. The number of carbonyl (C=O) groups excluding carboxylic acids is 2. The highest BCUT2D eigenvalue weighted by Gasteiger charge is 2.23. The Morgan fingerprint density at radius 2 is 1.08 bits per heavy atom. The van der Waals surface area contributed by atoms with E-state index in [1.807, 2.05) is 39.3 Å². The molecule has 2 aromatic heterocycles. The predicted octanol–water partition coefficient (Wildman–Crippen LogP) is 4.13. The van der Waals surface area contributed by atoms with Gasteiger partial charge in [0.2, 0.25) is 16.6 Å². The molecule has 8 heteroatoms. The van der Waals surface area contributed by atoms with Gasteiger partial charge in [0, 0.05) is 12.4 Å². The molecule has 0 saturated heterocycles. The lowest BCUT2D eigenvalue weighted by molar-refractivity contribution is 0.0713. The summed E-state index contributed by atoms with van der Waals surface area (Å²) in [4.78, 5) is 33.1. The van der Waals surface area contributed by atoms with E-state index < -0.39 is 16.6 Å². The lowest BCUT2D eigenvalue weighted by Gasteiger charge is -2.18. The Morgan fingerprint density at radius 1 is 0.731 bits per heavy atom. The van der Waals surface area contributed by atoms with Crippen LogP contribution in [0.4, 0.5) is 0 Å². The fourth-order valence-corrected chi connectivity index (χ4v) is 3.42. The molecule has 0 saturated carbocycles. The highest BCUT2D eigenvalue weighted by molar-refractivity contribution is 6.71. The first-order valence-corrected chi connectivity index (χ1v) is 15.2. The zero-order chi connectivity index (χ0) is 19.5. The van der Waals surface area contributed by atoms with Gasteiger partial charge in [-0.1, -0.05) is 0 Å². The third-order valence-electron chi connectivity index (χ3n) is 3.05. The first kappa shape index (κ1) is 20.0. The molecule has 0 radical (unpaired) electrons. The molecule has 6 nitrogen and oxygen atoms in total. The van der Waals surface area contributed by atoms with E-state index in [1.54, 1.807) is 24.3 Å². The van der Waals surface area contributed by atoms with Crippen LogP contribution in [0.1, 0.15) is 20.7 Å². The molecule has 2 heterocycles. The summed E-state index contributed by atoms with van der Waals surface area (Å²) in [6.07, 6.45) is 3.07. The summed E-state index contributed by atoms with van der Waals surface area (Å²) in [5, 5.41) is 0. The third kappa shape index (κ3) is 5.89. The number of hydrogen-bond donors (Lipinski definition) is 0. The van der Waals surface area contributed by atoms with Crippen LogP contribution < -0.4 is 0 Å². The second-order valence-electron chi connectivity index (χ2n) is 7.86. The van der Waals surface area contributed by atoms with E-state index in [1.165, 1.54) is 12.4 Å². The average Bonchev–Trinajstić information content (AvgIpc) is 2.52. The minimum atomic E-state index is -1.99. The van der Waals surface area contributed by atoms with Gasteiger partial charge in [-0.2, -0.15) is 0 Å². The second kappa shape index (κ2) is 7.50. The molecule has 0 amide bonds. The second-order valence-corrected chi connectivity index (χ2v) is 16.7. The topological polar surface area (TPSA) is 78.4 Å². The van der Waals surface area contributed by atoms with Crippen molar-refractivity contribution in [1.82, 2.24) is 9.97 Å². The van der Waals surface area contributed by atoms with Gasteiger partial charge in [-0.3, -0.25) is 9.97 Å². The molecule has 0 aliphatic carbocycles. The zero-order valence-corrected chi connectivity index (χ0v) is 18.0. The quantitative estimate of drug-likeness (QED) is 0.717. The summed E-state index contributed by atoms with van der Waals surface area (Å²) >= 11 is 0. The van der Waals surface area contributed by atoms with E-state index in [0.717, 1.165) is 0 Å². The molecular formula is C18H24N2O4Si2. The van der Waals surface area contributed by atoms with Gasteiger partial charge in [-0.25, -0.2) is 9.59 Å². The van der Waals surface area contributed by atoms with Crippen molar-refractivity contribution >= 4 is 28.6 Å². The van der Waals surface area contributed by atoms with Gasteiger partial charge in [0.25, 0.3) is 0 Å². The zero-order valence-electron chi connectivity index (χ0n) is 16.0. The van der Waals surface area contributed by atoms with Gasteiger partial charge < -0.3 is 8.85 Å². The third-order valence-corrected chi connectivity index (χ3v) is 4.65. The van der Waals surface area contributed by atoms with Crippen molar-refractivity contribution in [3.05, 3.63) is 47.8 Å². The van der Waals surface area contributed by atoms with Gasteiger partial charge in [-0.15, -0.1) is 0 Å². The fourth-order valence-electron chi connectivity index (χ4n) is 2.07. The highest BCUT2D eigenvalue weighted by atomic mass is 28.4. The summed E-state index contributed by atoms with van der Waals surface area (Å²) in [5.41, 5.74) is 1.82. The first-order chi connectivity index (χ1) is 11.9. The van der Waals surface area contributed by atoms with E-state index >= 15 is 0 Å². The van der Waals surface area contributed by atoms with Crippen LogP contribution in [0.3, 0.4) is 0 Å². The van der Waals surface area contributed by atoms with Crippen LogP contribution >= 0.6 is 0 Å². The van der Waals surface area contributed by atoms with E-state index in [0.29, 0.717) is 22.5 Å². The maximum Gasteiger partial charge on any atom is 0.324 e. The minimum Gasteiger partial charge on any atom is -0.516 e. The summed E-state index contributed by atoms with van der Waals surface area (Å²) in [7, 11) is -3.98. The van der Waals surface area contributed by atoms with Crippen molar-refractivity contribution in [3.8, 4) is 11.4 Å². The number of nitrogens with zero attached hydrogens (tertiary/aromatic N) is 2. The fraction of sp³-hybridized carbons (Fsp3) is 0.333. The largest absolute Gasteiger partial charge is 0.516 e. The van der Waals surface area contributed by atoms with Crippen molar-refractivity contribution in [2.45, 2.75) is 39.3 Å². The number of aromatic nitrogens is 2. The molecule has 0 bridgehead atoms. The number of rotatable bonds is 5. The summed E-state index contributed by atoms with van der Waals surface area (Å²) in [5.74, 6) is -0.746. The smallest absolute Gasteiger partial charge is 0.324 e. The highest BCUT2D eigenvalue weighted by Crippen LogP contribution is 2.19. The summed E-state index contributed by atoms with van der Waals surface area (Å²) in [6.45, 7) is 11.7. The molecule has 0 aliphatic rings. The Hall–Kier alpha value is -2.33. The van der Waals surface area contributed by atoms with E-state index in [-0.39, 0.29) is 11.9 Å². The SMILES string of the molecule is C[Si](C)(C)OC(=O)c1ccnc(-c2cc(C(=O)O[Si](C)(C)C)ccn2)c1. The Balaban J connectivity index is 2.29. The Morgan fingerprint density at radius 3 is 1.38 bits per heavy atom. The van der Waals surface area contributed by atoms with Crippen LogP contribution in [0, 0.1) is 0 Å². The Bertz CT molecular complexity index is 757. The van der Waals surface area contributed by atoms with Gasteiger partial charge in [0.1, 0.15) is 0 Å². The molecule has 0 aliphatic heterocycles. The molecule has 0 unspecified atom stereocenters. The molecular weight excluding hydrogens is 364 g/mol. The standard InChI is InChI=1S/C18H24N2O4Si2/c1-25(2,3)23-17(21)13-7-9-19-15(11-13)16-12-14(8-10-20-16)18(22)24-26(4,5)6/h7-12H,1-6H3. The van der Waals surface area contributed by atoms with Crippen LogP contribution in [0.25, 0.3) is 11.4 Å². The summed E-state index contributed by atoms with van der Waals surface area (Å²) in [6, 6.07) is 6.46. The molecule has 138 valence electrons. The molecule has 2 aromatic rings. The lowest BCUT2D eigenvalue weighted by Crippen LogP contribution is -2.29. The van der Waals surface area contributed by atoms with E-state index in [9.17, 15) is 9.59 Å². The van der Waals surface area contributed by atoms with Crippen LogP contribution in [-0.2, 0) is 8.85 Å². The molecule has 0 fully saturated rings. The van der Waals surface area contributed by atoms with Gasteiger partial charge in [0.15, 0.2) is 0 Å². The molecule has 2 rings (SSSR count). The number of carbonyl (C=O) groups is 2. The van der Waals surface area contributed by atoms with Crippen molar-refractivity contribution in [2.75, 3.05) is 0 Å². The van der Waals surface area contributed by atoms with Crippen LogP contribution in [0.15, 0.2) is 36.7 Å². The molecule has 26 heavy (non-hydrogen) atoms. The van der Waals surface area contributed by atoms with Crippen LogP contribution in [0.5, 0.6) is 0 Å². The van der Waals surface area contributed by atoms with Crippen LogP contribution in [0.2, 0.25) is 39.3 Å². The van der Waals surface area contributed by atoms with Gasteiger partial charge >= 0.3 is 11.9 Å². The number of pyridine rings is 2. The lowest BCUT2D eigenvalue weighted by atomic mass is 10.1. The average molecular weight is 389 g/mol. The normalized spacial score (nSPS) is 11.8. The monoisotopic (exact) mass is 388 g/mol. The Kier molecular flexibility index (Phi) is 5.77. The van der Waals surface area contributed by atoms with Crippen molar-refractivity contribution in [3.63, 3.8) is 0 Å². The maximum atomic E-state index is 12.3. The van der Waals surface area contributed by atoms with Crippen LogP contribution in [-0.4, -0.2) is 38.5 Å². The van der Waals surface area contributed by atoms with E-state index in [4.69, 9.17) is 8.85 Å². The van der Waals surface area contributed by atoms with Crippen molar-refractivity contribution < 1.29 is 18.4 Å². The van der Waals surface area contributed by atoms with Gasteiger partial charge in [-0.05, 0) is 63.5 Å². The molecule has 0 aromatic carbocycles. The molecule has 0 atom stereocenters. The molecule has 0 N–H and O–H groups in total. The van der Waals surface area contributed by atoms with Gasteiger partial charge in [0.05, 0.1) is 22.5 Å². The maximum absolute atomic E-state index is 12.3. The summed E-state index contributed by atoms with van der Waals surface area (Å²) < 4.78 is 11.0.